The Kier molecular flexibility index (Phi) is 4.26. The van der Waals surface area contributed by atoms with Crippen LogP contribution in [0.4, 0.5) is 0 Å². The van der Waals surface area contributed by atoms with Crippen molar-refractivity contribution in [2.24, 2.45) is 17.6 Å². The highest BCUT2D eigenvalue weighted by atomic mass is 16.1. The standard InChI is InChI=1S/C14H20N2O/c15-10-12-1-3-13(4-2-12)14(17)9-11-5-7-16-8-6-11/h5-8,12-13H,1-4,9-10,15H2. The molecule has 0 atom stereocenters. The third-order valence-electron chi connectivity index (χ3n) is 3.76. The Hall–Kier alpha value is -1.22. The van der Waals surface area contributed by atoms with Gasteiger partial charge in [0.15, 0.2) is 0 Å². The van der Waals surface area contributed by atoms with Gasteiger partial charge >= 0.3 is 0 Å². The second-order valence-corrected chi connectivity index (χ2v) is 4.95. The summed E-state index contributed by atoms with van der Waals surface area (Å²) in [5, 5.41) is 0. The third-order valence-corrected chi connectivity index (χ3v) is 3.76. The van der Waals surface area contributed by atoms with E-state index >= 15 is 0 Å². The van der Waals surface area contributed by atoms with Crippen LogP contribution in [0.1, 0.15) is 31.2 Å². The van der Waals surface area contributed by atoms with Crippen LogP contribution in [-0.4, -0.2) is 17.3 Å². The fourth-order valence-corrected chi connectivity index (χ4v) is 2.57. The molecule has 17 heavy (non-hydrogen) atoms. The molecular weight excluding hydrogens is 212 g/mol. The number of Topliss-reactive ketones (excluding diaryl/α,β-unsaturated/α-hetero) is 1. The SMILES string of the molecule is NCC1CCC(C(=O)Cc2ccncc2)CC1. The molecule has 1 aromatic heterocycles. The van der Waals surface area contributed by atoms with Crippen LogP contribution in [0.2, 0.25) is 0 Å². The zero-order valence-electron chi connectivity index (χ0n) is 10.1. The van der Waals surface area contributed by atoms with E-state index in [1.807, 2.05) is 12.1 Å². The number of aromatic nitrogens is 1. The Balaban J connectivity index is 1.85. The summed E-state index contributed by atoms with van der Waals surface area (Å²) in [5.74, 6) is 1.28. The first-order chi connectivity index (χ1) is 8.29. The maximum atomic E-state index is 12.1. The van der Waals surface area contributed by atoms with Crippen molar-refractivity contribution in [1.29, 1.82) is 0 Å². The molecule has 92 valence electrons. The van der Waals surface area contributed by atoms with Gasteiger partial charge in [-0.1, -0.05) is 0 Å². The second kappa shape index (κ2) is 5.92. The van der Waals surface area contributed by atoms with Gasteiger partial charge in [0.1, 0.15) is 5.78 Å². The molecule has 1 fully saturated rings. The fraction of sp³-hybridized carbons (Fsp3) is 0.571. The Morgan fingerprint density at radius 1 is 1.24 bits per heavy atom. The monoisotopic (exact) mass is 232 g/mol. The number of hydrogen-bond acceptors (Lipinski definition) is 3. The zero-order chi connectivity index (χ0) is 12.1. The minimum atomic E-state index is 0.256. The predicted octanol–water partition coefficient (Wildman–Crippen LogP) is 1.96. The van der Waals surface area contributed by atoms with Gasteiger partial charge in [-0.2, -0.15) is 0 Å². The summed E-state index contributed by atoms with van der Waals surface area (Å²) < 4.78 is 0. The molecule has 0 aromatic carbocycles. The van der Waals surface area contributed by atoms with E-state index in [4.69, 9.17) is 5.73 Å². The number of carbonyl (C=O) groups is 1. The number of nitrogens with two attached hydrogens (primary N) is 1. The molecule has 2 rings (SSSR count). The van der Waals surface area contributed by atoms with Gasteiger partial charge in [-0.15, -0.1) is 0 Å². The minimum absolute atomic E-state index is 0.256. The van der Waals surface area contributed by atoms with E-state index < -0.39 is 0 Å². The number of carbonyl (C=O) groups excluding carboxylic acids is 1. The Bertz CT molecular complexity index is 356. The average Bonchev–Trinajstić information content (AvgIpc) is 2.40. The summed E-state index contributed by atoms with van der Waals surface area (Å²) in [6, 6.07) is 3.84. The summed E-state index contributed by atoms with van der Waals surface area (Å²) in [4.78, 5) is 16.1. The molecule has 0 saturated heterocycles. The van der Waals surface area contributed by atoms with Gasteiger partial charge in [0, 0.05) is 24.7 Å². The van der Waals surface area contributed by atoms with Crippen molar-refractivity contribution >= 4 is 5.78 Å². The van der Waals surface area contributed by atoms with E-state index in [-0.39, 0.29) is 5.92 Å². The summed E-state index contributed by atoms with van der Waals surface area (Å²) in [5.41, 5.74) is 6.73. The van der Waals surface area contributed by atoms with E-state index in [2.05, 4.69) is 4.98 Å². The number of hydrogen-bond donors (Lipinski definition) is 1. The second-order valence-electron chi connectivity index (χ2n) is 4.95. The minimum Gasteiger partial charge on any atom is -0.330 e. The van der Waals surface area contributed by atoms with Gasteiger partial charge in [-0.05, 0) is 55.8 Å². The van der Waals surface area contributed by atoms with Crippen LogP contribution < -0.4 is 5.73 Å². The van der Waals surface area contributed by atoms with Crippen molar-refractivity contribution in [3.05, 3.63) is 30.1 Å². The van der Waals surface area contributed by atoms with Crippen molar-refractivity contribution < 1.29 is 4.79 Å². The Morgan fingerprint density at radius 2 is 1.88 bits per heavy atom. The molecular formula is C14H20N2O. The quantitative estimate of drug-likeness (QED) is 0.863. The van der Waals surface area contributed by atoms with Crippen LogP contribution in [0.15, 0.2) is 24.5 Å². The van der Waals surface area contributed by atoms with Gasteiger partial charge in [-0.25, -0.2) is 0 Å². The van der Waals surface area contributed by atoms with E-state index in [0.29, 0.717) is 18.1 Å². The van der Waals surface area contributed by atoms with Crippen LogP contribution in [0.3, 0.4) is 0 Å². The molecule has 2 N–H and O–H groups in total. The Morgan fingerprint density at radius 3 is 2.47 bits per heavy atom. The largest absolute Gasteiger partial charge is 0.330 e. The van der Waals surface area contributed by atoms with E-state index in [1.54, 1.807) is 12.4 Å². The first-order valence-electron chi connectivity index (χ1n) is 6.41. The van der Waals surface area contributed by atoms with Gasteiger partial charge < -0.3 is 5.73 Å². The van der Waals surface area contributed by atoms with Gasteiger partial charge in [0.2, 0.25) is 0 Å². The summed E-state index contributed by atoms with van der Waals surface area (Å²) in [6.45, 7) is 0.769. The molecule has 0 radical (unpaired) electrons. The lowest BCUT2D eigenvalue weighted by molar-refractivity contribution is -0.123. The fourth-order valence-electron chi connectivity index (χ4n) is 2.57. The molecule has 1 aromatic rings. The molecule has 3 heteroatoms. The number of rotatable bonds is 4. The topological polar surface area (TPSA) is 56.0 Å². The molecule has 0 aliphatic heterocycles. The van der Waals surface area contributed by atoms with Crippen LogP contribution in [0.25, 0.3) is 0 Å². The lowest BCUT2D eigenvalue weighted by Gasteiger charge is -2.26. The van der Waals surface area contributed by atoms with E-state index in [0.717, 1.165) is 37.8 Å². The van der Waals surface area contributed by atoms with Gasteiger partial charge in [0.05, 0.1) is 0 Å². The van der Waals surface area contributed by atoms with E-state index in [1.165, 1.54) is 0 Å². The van der Waals surface area contributed by atoms with Crippen molar-refractivity contribution in [3.8, 4) is 0 Å². The molecule has 0 amide bonds. The van der Waals surface area contributed by atoms with Crippen LogP contribution in [0, 0.1) is 11.8 Å². The van der Waals surface area contributed by atoms with Crippen LogP contribution in [-0.2, 0) is 11.2 Å². The van der Waals surface area contributed by atoms with Gasteiger partial charge in [-0.3, -0.25) is 9.78 Å². The van der Waals surface area contributed by atoms with E-state index in [9.17, 15) is 4.79 Å². The molecule has 0 bridgehead atoms. The molecule has 1 saturated carbocycles. The first kappa shape index (κ1) is 12.2. The van der Waals surface area contributed by atoms with Crippen molar-refractivity contribution in [2.45, 2.75) is 32.1 Å². The maximum absolute atomic E-state index is 12.1. The molecule has 0 spiro atoms. The summed E-state index contributed by atoms with van der Waals surface area (Å²) in [6.07, 6.45) is 8.31. The number of pyridine rings is 1. The molecule has 0 unspecified atom stereocenters. The van der Waals surface area contributed by atoms with Crippen LogP contribution in [0.5, 0.6) is 0 Å². The summed E-state index contributed by atoms with van der Waals surface area (Å²) in [7, 11) is 0. The van der Waals surface area contributed by atoms with Crippen molar-refractivity contribution in [2.75, 3.05) is 6.54 Å². The van der Waals surface area contributed by atoms with Crippen molar-refractivity contribution in [1.82, 2.24) is 4.98 Å². The van der Waals surface area contributed by atoms with Crippen LogP contribution >= 0.6 is 0 Å². The molecule has 1 heterocycles. The smallest absolute Gasteiger partial charge is 0.140 e. The Labute approximate surface area is 102 Å². The lowest BCUT2D eigenvalue weighted by atomic mass is 9.79. The third kappa shape index (κ3) is 3.37. The number of nitrogens with zero attached hydrogens (tertiary/aromatic N) is 1. The number of ketones is 1. The van der Waals surface area contributed by atoms with Gasteiger partial charge in [0.25, 0.3) is 0 Å². The highest BCUT2D eigenvalue weighted by Crippen LogP contribution is 2.29. The molecule has 1 aliphatic rings. The lowest BCUT2D eigenvalue weighted by Crippen LogP contribution is -2.26. The highest BCUT2D eigenvalue weighted by Gasteiger charge is 2.25. The zero-order valence-corrected chi connectivity index (χ0v) is 10.1. The molecule has 3 nitrogen and oxygen atoms in total. The summed E-state index contributed by atoms with van der Waals surface area (Å²) >= 11 is 0. The normalized spacial score (nSPS) is 24.5. The highest BCUT2D eigenvalue weighted by molar-refractivity contribution is 5.83. The first-order valence-corrected chi connectivity index (χ1v) is 6.41. The predicted molar refractivity (Wildman–Crippen MR) is 67.5 cm³/mol. The maximum Gasteiger partial charge on any atom is 0.140 e. The average molecular weight is 232 g/mol. The molecule has 1 aliphatic carbocycles. The van der Waals surface area contributed by atoms with Crippen molar-refractivity contribution in [3.63, 3.8) is 0 Å².